The van der Waals surface area contributed by atoms with Gasteiger partial charge in [0, 0.05) is 47.1 Å². The normalized spacial score (nSPS) is 16.6. The number of nitrogens with zero attached hydrogens (tertiary/aromatic N) is 2. The second kappa shape index (κ2) is 5.92. The summed E-state index contributed by atoms with van der Waals surface area (Å²) in [6.07, 6.45) is 7.21. The topological polar surface area (TPSA) is 42.1 Å². The first kappa shape index (κ1) is 14.2. The molecule has 1 aliphatic rings. The molecule has 0 aliphatic carbocycles. The van der Waals surface area contributed by atoms with Gasteiger partial charge in [-0.1, -0.05) is 19.8 Å². The highest BCUT2D eigenvalue weighted by molar-refractivity contribution is 6.01. The van der Waals surface area contributed by atoms with Crippen LogP contribution in [0.4, 0.5) is 11.4 Å². The molecule has 0 saturated carbocycles. The van der Waals surface area contributed by atoms with Gasteiger partial charge >= 0.3 is 0 Å². The number of fused-ring (bicyclic) bond motifs is 1. The molecule has 3 heteroatoms. The number of rotatable bonds is 3. The summed E-state index contributed by atoms with van der Waals surface area (Å²) in [5, 5.41) is 2.32. The van der Waals surface area contributed by atoms with Gasteiger partial charge in [0.15, 0.2) is 0 Å². The van der Waals surface area contributed by atoms with Gasteiger partial charge in [0.25, 0.3) is 0 Å². The molecule has 0 radical (unpaired) electrons. The Hall–Kier alpha value is -1.77. The molecule has 0 atom stereocenters. The maximum absolute atomic E-state index is 6.11. The standard InChI is InChI=1S/C18H25N3/c1-3-4-14-7-9-21(10-8-14)18-6-5-17(19)16-12-20-13(2)11-15(16)18/h5-6,11-12,14H,3-4,7-10,19H2,1-2H3. The molecule has 0 unspecified atom stereocenters. The zero-order chi connectivity index (χ0) is 14.8. The Morgan fingerprint density at radius 2 is 2.00 bits per heavy atom. The molecule has 0 bridgehead atoms. The fourth-order valence-electron chi connectivity index (χ4n) is 3.50. The minimum Gasteiger partial charge on any atom is -0.398 e. The molecule has 0 amide bonds. The molecule has 1 aromatic carbocycles. The lowest BCUT2D eigenvalue weighted by molar-refractivity contribution is 0.379. The van der Waals surface area contributed by atoms with Gasteiger partial charge < -0.3 is 10.6 Å². The Kier molecular flexibility index (Phi) is 4.00. The van der Waals surface area contributed by atoms with Crippen molar-refractivity contribution in [1.82, 2.24) is 4.98 Å². The van der Waals surface area contributed by atoms with Crippen LogP contribution in [0.15, 0.2) is 24.4 Å². The maximum Gasteiger partial charge on any atom is 0.0448 e. The number of pyridine rings is 1. The molecule has 1 aliphatic heterocycles. The molecule has 1 aromatic heterocycles. The number of benzene rings is 1. The van der Waals surface area contributed by atoms with Crippen molar-refractivity contribution in [2.75, 3.05) is 23.7 Å². The Balaban J connectivity index is 1.91. The summed E-state index contributed by atoms with van der Waals surface area (Å²) in [6, 6.07) is 6.36. The highest BCUT2D eigenvalue weighted by Crippen LogP contribution is 2.34. The van der Waals surface area contributed by atoms with Gasteiger partial charge in [-0.3, -0.25) is 4.98 Å². The third-order valence-electron chi connectivity index (χ3n) is 4.70. The molecule has 3 nitrogen and oxygen atoms in total. The van der Waals surface area contributed by atoms with E-state index >= 15 is 0 Å². The van der Waals surface area contributed by atoms with Gasteiger partial charge in [0.1, 0.15) is 0 Å². The first-order valence-corrected chi connectivity index (χ1v) is 8.09. The van der Waals surface area contributed by atoms with E-state index in [0.29, 0.717) is 0 Å². The monoisotopic (exact) mass is 283 g/mol. The zero-order valence-corrected chi connectivity index (χ0v) is 13.1. The summed E-state index contributed by atoms with van der Waals surface area (Å²) >= 11 is 0. The first-order valence-electron chi connectivity index (χ1n) is 8.09. The number of nitrogen functional groups attached to an aromatic ring is 1. The SMILES string of the molecule is CCCC1CCN(c2ccc(N)c3cnc(C)cc23)CC1. The van der Waals surface area contributed by atoms with Gasteiger partial charge in [-0.25, -0.2) is 0 Å². The van der Waals surface area contributed by atoms with Crippen molar-refractivity contribution >= 4 is 22.1 Å². The predicted octanol–water partition coefficient (Wildman–Crippen LogP) is 4.14. The lowest BCUT2D eigenvalue weighted by Gasteiger charge is -2.34. The van der Waals surface area contributed by atoms with Gasteiger partial charge in [-0.2, -0.15) is 0 Å². The van der Waals surface area contributed by atoms with E-state index < -0.39 is 0 Å². The predicted molar refractivity (Wildman–Crippen MR) is 90.7 cm³/mol. The Morgan fingerprint density at radius 1 is 1.24 bits per heavy atom. The van der Waals surface area contributed by atoms with Crippen LogP contribution in [-0.2, 0) is 0 Å². The quantitative estimate of drug-likeness (QED) is 0.861. The molecule has 112 valence electrons. The van der Waals surface area contributed by atoms with Crippen molar-refractivity contribution in [1.29, 1.82) is 0 Å². The zero-order valence-electron chi connectivity index (χ0n) is 13.1. The number of piperidine rings is 1. The highest BCUT2D eigenvalue weighted by Gasteiger charge is 2.20. The molecule has 3 rings (SSSR count). The van der Waals surface area contributed by atoms with Crippen LogP contribution < -0.4 is 10.6 Å². The van der Waals surface area contributed by atoms with Crippen LogP contribution in [0.3, 0.4) is 0 Å². The van der Waals surface area contributed by atoms with Crippen LogP contribution in [0.2, 0.25) is 0 Å². The average molecular weight is 283 g/mol. The smallest absolute Gasteiger partial charge is 0.0448 e. The van der Waals surface area contributed by atoms with Crippen LogP contribution in [0.25, 0.3) is 10.8 Å². The minimum absolute atomic E-state index is 0.821. The number of aromatic nitrogens is 1. The third kappa shape index (κ3) is 2.82. The highest BCUT2D eigenvalue weighted by atomic mass is 15.1. The van der Waals surface area contributed by atoms with Gasteiger partial charge in [-0.15, -0.1) is 0 Å². The molecule has 21 heavy (non-hydrogen) atoms. The van der Waals surface area contributed by atoms with Gasteiger partial charge in [0.2, 0.25) is 0 Å². The van der Waals surface area contributed by atoms with E-state index in [1.165, 1.54) is 36.8 Å². The van der Waals surface area contributed by atoms with E-state index in [1.54, 1.807) is 0 Å². The molecule has 2 heterocycles. The molecule has 0 spiro atoms. The van der Waals surface area contributed by atoms with E-state index in [0.717, 1.165) is 35.8 Å². The summed E-state index contributed by atoms with van der Waals surface area (Å²) in [6.45, 7) is 6.64. The van der Waals surface area contributed by atoms with Crippen LogP contribution in [-0.4, -0.2) is 18.1 Å². The van der Waals surface area contributed by atoms with Crippen LogP contribution in [0, 0.1) is 12.8 Å². The van der Waals surface area contributed by atoms with Gasteiger partial charge in [-0.05, 0) is 43.9 Å². The number of hydrogen-bond acceptors (Lipinski definition) is 3. The van der Waals surface area contributed by atoms with Crippen molar-refractivity contribution in [3.05, 3.63) is 30.1 Å². The van der Waals surface area contributed by atoms with Gasteiger partial charge in [0.05, 0.1) is 0 Å². The lowest BCUT2D eigenvalue weighted by atomic mass is 9.92. The molecule has 2 N–H and O–H groups in total. The Morgan fingerprint density at radius 3 is 2.71 bits per heavy atom. The molecular weight excluding hydrogens is 258 g/mol. The number of anilines is 2. The fourth-order valence-corrected chi connectivity index (χ4v) is 3.50. The largest absolute Gasteiger partial charge is 0.398 e. The van der Waals surface area contributed by atoms with E-state index in [4.69, 9.17) is 5.73 Å². The van der Waals surface area contributed by atoms with Crippen molar-refractivity contribution in [3.63, 3.8) is 0 Å². The minimum atomic E-state index is 0.821. The van der Waals surface area contributed by atoms with Crippen LogP contribution >= 0.6 is 0 Å². The molecular formula is C18H25N3. The summed E-state index contributed by atoms with van der Waals surface area (Å²) in [5.41, 5.74) is 9.30. The van der Waals surface area contributed by atoms with E-state index in [9.17, 15) is 0 Å². The molecule has 1 saturated heterocycles. The summed E-state index contributed by atoms with van der Waals surface area (Å²) < 4.78 is 0. The van der Waals surface area contributed by atoms with Crippen molar-refractivity contribution in [2.24, 2.45) is 5.92 Å². The second-order valence-corrected chi connectivity index (χ2v) is 6.26. The third-order valence-corrected chi connectivity index (χ3v) is 4.70. The summed E-state index contributed by atoms with van der Waals surface area (Å²) in [5.74, 6) is 0.912. The fraction of sp³-hybridized carbons (Fsp3) is 0.500. The number of hydrogen-bond donors (Lipinski definition) is 1. The summed E-state index contributed by atoms with van der Waals surface area (Å²) in [7, 11) is 0. The van der Waals surface area contributed by atoms with Crippen molar-refractivity contribution < 1.29 is 0 Å². The second-order valence-electron chi connectivity index (χ2n) is 6.26. The molecule has 1 fully saturated rings. The van der Waals surface area contributed by atoms with Crippen LogP contribution in [0.5, 0.6) is 0 Å². The molecule has 2 aromatic rings. The number of aryl methyl sites for hydroxylation is 1. The van der Waals surface area contributed by atoms with E-state index in [1.807, 2.05) is 19.2 Å². The Bertz CT molecular complexity index is 628. The summed E-state index contributed by atoms with van der Waals surface area (Å²) in [4.78, 5) is 6.91. The average Bonchev–Trinajstić information content (AvgIpc) is 2.49. The van der Waals surface area contributed by atoms with Crippen molar-refractivity contribution in [2.45, 2.75) is 39.5 Å². The lowest BCUT2D eigenvalue weighted by Crippen LogP contribution is -2.33. The van der Waals surface area contributed by atoms with Crippen LogP contribution in [0.1, 0.15) is 38.3 Å². The first-order chi connectivity index (χ1) is 10.2. The van der Waals surface area contributed by atoms with E-state index in [2.05, 4.69) is 28.9 Å². The number of nitrogens with two attached hydrogens (primary N) is 1. The maximum atomic E-state index is 6.11. The van der Waals surface area contributed by atoms with Crippen molar-refractivity contribution in [3.8, 4) is 0 Å². The van der Waals surface area contributed by atoms with E-state index in [-0.39, 0.29) is 0 Å². The Labute approximate surface area is 127 Å².